The van der Waals surface area contributed by atoms with E-state index < -0.39 is 0 Å². The Morgan fingerprint density at radius 1 is 1.22 bits per heavy atom. The van der Waals surface area contributed by atoms with E-state index in [9.17, 15) is 4.79 Å². The molecule has 3 aliphatic rings. The summed E-state index contributed by atoms with van der Waals surface area (Å²) in [6, 6.07) is 5.78. The summed E-state index contributed by atoms with van der Waals surface area (Å²) in [5, 5.41) is 0. The number of ketones is 1. The van der Waals surface area contributed by atoms with Gasteiger partial charge in [0.1, 0.15) is 18.2 Å². The van der Waals surface area contributed by atoms with Crippen molar-refractivity contribution in [3.05, 3.63) is 29.3 Å². The Morgan fingerprint density at radius 2 is 2.17 bits per heavy atom. The van der Waals surface area contributed by atoms with Crippen molar-refractivity contribution in [2.24, 2.45) is 9.98 Å². The zero-order chi connectivity index (χ0) is 12.1. The molecule has 3 aliphatic heterocycles. The zero-order valence-corrected chi connectivity index (χ0v) is 10.0. The van der Waals surface area contributed by atoms with Gasteiger partial charge in [0.25, 0.3) is 0 Å². The standard InChI is InChI=1S/C14H13N3O/c18-11-8-15-14-13-9(11)4-3-5-10(13)16-12-6-1-2-7-17(12)14/h3-5H,1-2,6-8H2. The van der Waals surface area contributed by atoms with Gasteiger partial charge in [-0.3, -0.25) is 9.79 Å². The molecule has 1 aromatic carbocycles. The third-order valence-electron chi connectivity index (χ3n) is 3.79. The number of rotatable bonds is 0. The summed E-state index contributed by atoms with van der Waals surface area (Å²) in [4.78, 5) is 23.3. The molecule has 4 heteroatoms. The Labute approximate surface area is 105 Å². The number of aliphatic imine (C=N–C) groups is 2. The first kappa shape index (κ1) is 10.00. The highest BCUT2D eigenvalue weighted by Gasteiger charge is 2.33. The van der Waals surface area contributed by atoms with Crippen LogP contribution in [-0.2, 0) is 0 Å². The number of carbonyl (C=O) groups excluding carboxylic acids is 1. The molecule has 0 spiro atoms. The normalized spacial score (nSPS) is 20.9. The van der Waals surface area contributed by atoms with E-state index in [4.69, 9.17) is 4.99 Å². The van der Waals surface area contributed by atoms with Crippen LogP contribution in [0.5, 0.6) is 0 Å². The van der Waals surface area contributed by atoms with Crippen LogP contribution in [0, 0.1) is 0 Å². The first-order chi connectivity index (χ1) is 8.84. The molecule has 90 valence electrons. The number of benzene rings is 1. The lowest BCUT2D eigenvalue weighted by Crippen LogP contribution is -2.45. The first-order valence-corrected chi connectivity index (χ1v) is 6.41. The second kappa shape index (κ2) is 3.51. The molecule has 0 radical (unpaired) electrons. The van der Waals surface area contributed by atoms with Crippen molar-refractivity contribution >= 4 is 23.1 Å². The number of carbonyl (C=O) groups is 1. The maximum absolute atomic E-state index is 11.9. The number of Topliss-reactive ketones (excluding diaryl/α,β-unsaturated/α-hetero) is 1. The monoisotopic (exact) mass is 239 g/mol. The molecule has 1 aromatic rings. The molecule has 0 atom stereocenters. The minimum absolute atomic E-state index is 0.103. The summed E-state index contributed by atoms with van der Waals surface area (Å²) >= 11 is 0. The van der Waals surface area contributed by atoms with Crippen molar-refractivity contribution in [1.29, 1.82) is 0 Å². The SMILES string of the molecule is O=C1CN=C2c3c(cccc31)N=C1CCCCN12. The molecule has 1 saturated heterocycles. The number of fused-ring (bicyclic) bond motifs is 2. The van der Waals surface area contributed by atoms with Crippen LogP contribution in [0.1, 0.15) is 35.2 Å². The van der Waals surface area contributed by atoms with Crippen molar-refractivity contribution in [2.45, 2.75) is 19.3 Å². The van der Waals surface area contributed by atoms with E-state index in [-0.39, 0.29) is 12.3 Å². The molecule has 4 nitrogen and oxygen atoms in total. The number of amidine groups is 2. The zero-order valence-electron chi connectivity index (χ0n) is 10.0. The largest absolute Gasteiger partial charge is 0.314 e. The molecular formula is C14H13N3O. The summed E-state index contributed by atoms with van der Waals surface area (Å²) in [7, 11) is 0. The Balaban J connectivity index is 1.99. The van der Waals surface area contributed by atoms with Crippen molar-refractivity contribution in [3.63, 3.8) is 0 Å². The maximum atomic E-state index is 11.9. The number of piperidine rings is 1. The van der Waals surface area contributed by atoms with Gasteiger partial charge in [-0.15, -0.1) is 0 Å². The number of hydrogen-bond acceptors (Lipinski definition) is 4. The Morgan fingerprint density at radius 3 is 3.11 bits per heavy atom. The van der Waals surface area contributed by atoms with E-state index in [0.717, 1.165) is 41.5 Å². The lowest BCUT2D eigenvalue weighted by molar-refractivity contribution is 0.0999. The van der Waals surface area contributed by atoms with Gasteiger partial charge in [0.05, 0.1) is 11.3 Å². The third-order valence-corrected chi connectivity index (χ3v) is 3.79. The Kier molecular flexibility index (Phi) is 1.95. The van der Waals surface area contributed by atoms with Crippen molar-refractivity contribution in [1.82, 2.24) is 4.90 Å². The minimum Gasteiger partial charge on any atom is -0.314 e. The molecular weight excluding hydrogens is 226 g/mol. The lowest BCUT2D eigenvalue weighted by atomic mass is 9.94. The van der Waals surface area contributed by atoms with E-state index in [1.165, 1.54) is 12.8 Å². The summed E-state index contributed by atoms with van der Waals surface area (Å²) < 4.78 is 0. The van der Waals surface area contributed by atoms with Crippen molar-refractivity contribution in [2.75, 3.05) is 13.1 Å². The molecule has 0 unspecified atom stereocenters. The maximum Gasteiger partial charge on any atom is 0.185 e. The average Bonchev–Trinajstić information content (AvgIpc) is 2.42. The second-order valence-corrected chi connectivity index (χ2v) is 4.90. The smallest absolute Gasteiger partial charge is 0.185 e. The molecule has 4 rings (SSSR count). The van der Waals surface area contributed by atoms with Crippen LogP contribution in [0.15, 0.2) is 28.2 Å². The fraction of sp³-hybridized carbons (Fsp3) is 0.357. The molecule has 3 heterocycles. The molecule has 1 fully saturated rings. The molecule has 0 bridgehead atoms. The van der Waals surface area contributed by atoms with Crippen LogP contribution >= 0.6 is 0 Å². The predicted octanol–water partition coefficient (Wildman–Crippen LogP) is 2.16. The lowest BCUT2D eigenvalue weighted by Gasteiger charge is -2.36. The highest BCUT2D eigenvalue weighted by atomic mass is 16.1. The Bertz CT molecular complexity index is 615. The summed E-state index contributed by atoms with van der Waals surface area (Å²) in [5.74, 6) is 2.18. The Hall–Kier alpha value is -1.97. The van der Waals surface area contributed by atoms with Gasteiger partial charge in [0, 0.05) is 18.5 Å². The first-order valence-electron chi connectivity index (χ1n) is 6.41. The average molecular weight is 239 g/mol. The number of hydrogen-bond donors (Lipinski definition) is 0. The van der Waals surface area contributed by atoms with Crippen LogP contribution in [-0.4, -0.2) is 35.4 Å². The summed E-state index contributed by atoms with van der Waals surface area (Å²) in [6.07, 6.45) is 3.37. The van der Waals surface area contributed by atoms with E-state index in [1.54, 1.807) is 0 Å². The predicted molar refractivity (Wildman–Crippen MR) is 69.8 cm³/mol. The molecule has 0 amide bonds. The minimum atomic E-state index is 0.103. The highest BCUT2D eigenvalue weighted by molar-refractivity contribution is 6.23. The van der Waals surface area contributed by atoms with Gasteiger partial charge in [-0.25, -0.2) is 4.99 Å². The molecule has 0 aliphatic carbocycles. The van der Waals surface area contributed by atoms with Crippen LogP contribution in [0.4, 0.5) is 5.69 Å². The van der Waals surface area contributed by atoms with Gasteiger partial charge < -0.3 is 4.90 Å². The van der Waals surface area contributed by atoms with E-state index in [2.05, 4.69) is 9.89 Å². The molecule has 0 N–H and O–H groups in total. The van der Waals surface area contributed by atoms with Crippen molar-refractivity contribution in [3.8, 4) is 0 Å². The van der Waals surface area contributed by atoms with Gasteiger partial charge in [-0.05, 0) is 18.9 Å². The quantitative estimate of drug-likeness (QED) is 0.696. The molecule has 0 saturated carbocycles. The van der Waals surface area contributed by atoms with Crippen LogP contribution in [0.3, 0.4) is 0 Å². The van der Waals surface area contributed by atoms with Crippen LogP contribution in [0.25, 0.3) is 0 Å². The van der Waals surface area contributed by atoms with Crippen molar-refractivity contribution < 1.29 is 4.79 Å². The fourth-order valence-electron chi connectivity index (χ4n) is 2.93. The fourth-order valence-corrected chi connectivity index (χ4v) is 2.93. The third kappa shape index (κ3) is 1.23. The van der Waals surface area contributed by atoms with E-state index in [1.807, 2.05) is 18.2 Å². The van der Waals surface area contributed by atoms with Gasteiger partial charge in [-0.1, -0.05) is 12.1 Å². The molecule has 18 heavy (non-hydrogen) atoms. The molecule has 0 aromatic heterocycles. The topological polar surface area (TPSA) is 45.0 Å². The van der Waals surface area contributed by atoms with Gasteiger partial charge >= 0.3 is 0 Å². The van der Waals surface area contributed by atoms with E-state index in [0.29, 0.717) is 0 Å². The van der Waals surface area contributed by atoms with Crippen LogP contribution < -0.4 is 0 Å². The van der Waals surface area contributed by atoms with Gasteiger partial charge in [-0.2, -0.15) is 0 Å². The van der Waals surface area contributed by atoms with Gasteiger partial charge in [0.2, 0.25) is 0 Å². The highest BCUT2D eigenvalue weighted by Crippen LogP contribution is 2.34. The summed E-state index contributed by atoms with van der Waals surface area (Å²) in [6.45, 7) is 1.25. The second-order valence-electron chi connectivity index (χ2n) is 4.90. The summed E-state index contributed by atoms with van der Waals surface area (Å²) in [5.41, 5.74) is 2.64. The van der Waals surface area contributed by atoms with Gasteiger partial charge in [0.15, 0.2) is 5.78 Å². The number of nitrogens with zero attached hydrogens (tertiary/aromatic N) is 3. The van der Waals surface area contributed by atoms with Crippen LogP contribution in [0.2, 0.25) is 0 Å². The van der Waals surface area contributed by atoms with E-state index >= 15 is 0 Å².